The maximum absolute atomic E-state index is 10.5. The van der Waals surface area contributed by atoms with Crippen molar-refractivity contribution in [3.05, 3.63) is 29.5 Å². The topological polar surface area (TPSA) is 126 Å². The fourth-order valence-corrected chi connectivity index (χ4v) is 2.07. The average Bonchev–Trinajstić information content (AvgIpc) is 2.52. The lowest BCUT2D eigenvalue weighted by Gasteiger charge is -2.17. The summed E-state index contributed by atoms with van der Waals surface area (Å²) in [4.78, 5) is 7.68. The zero-order valence-electron chi connectivity index (χ0n) is 12.5. The number of aliphatic hydroxyl groups is 1. The van der Waals surface area contributed by atoms with Crippen LogP contribution in [-0.2, 0) is 0 Å². The molecule has 1 heterocycles. The lowest BCUT2D eigenvalue weighted by Crippen LogP contribution is -2.09. The Morgan fingerprint density at radius 1 is 1.05 bits per heavy atom. The molecular formula is C14H18N4O4. The molecule has 2 rings (SSSR count). The second kappa shape index (κ2) is 6.35. The Bertz CT molecular complexity index is 653. The molecule has 118 valence electrons. The molecule has 0 bridgehead atoms. The van der Waals surface area contributed by atoms with Gasteiger partial charge in [0.2, 0.25) is 11.7 Å². The summed E-state index contributed by atoms with van der Waals surface area (Å²) in [6.45, 7) is 0. The first-order valence-electron chi connectivity index (χ1n) is 6.37. The Hall–Kier alpha value is -2.74. The lowest BCUT2D eigenvalue weighted by atomic mass is 10.0. The highest BCUT2D eigenvalue weighted by molar-refractivity contribution is 5.56. The van der Waals surface area contributed by atoms with Crippen LogP contribution in [0.25, 0.3) is 0 Å². The number of nitrogens with zero attached hydrogens (tertiary/aromatic N) is 2. The summed E-state index contributed by atoms with van der Waals surface area (Å²) < 4.78 is 15.8. The predicted octanol–water partition coefficient (Wildman–Crippen LogP) is 0.748. The number of rotatable bonds is 5. The van der Waals surface area contributed by atoms with Crippen LogP contribution in [0.15, 0.2) is 18.3 Å². The van der Waals surface area contributed by atoms with Crippen LogP contribution in [0.2, 0.25) is 0 Å². The SMILES string of the molecule is COc1cc(C(O)c2cnc(N)nc2N)cc(OC)c1OC. The van der Waals surface area contributed by atoms with Crippen LogP contribution in [-0.4, -0.2) is 36.4 Å². The minimum absolute atomic E-state index is 0.0401. The lowest BCUT2D eigenvalue weighted by molar-refractivity contribution is 0.218. The molecule has 1 atom stereocenters. The van der Waals surface area contributed by atoms with Gasteiger partial charge in [0.25, 0.3) is 0 Å². The largest absolute Gasteiger partial charge is 0.493 e. The summed E-state index contributed by atoms with van der Waals surface area (Å²) in [6.07, 6.45) is 0.320. The second-order valence-electron chi connectivity index (χ2n) is 4.43. The van der Waals surface area contributed by atoms with E-state index < -0.39 is 6.10 Å². The summed E-state index contributed by atoms with van der Waals surface area (Å²) in [5, 5.41) is 10.5. The van der Waals surface area contributed by atoms with Gasteiger partial charge in [-0.05, 0) is 17.7 Å². The van der Waals surface area contributed by atoms with E-state index in [2.05, 4.69) is 9.97 Å². The minimum atomic E-state index is -1.06. The number of ether oxygens (including phenoxy) is 3. The predicted molar refractivity (Wildman–Crippen MR) is 81.0 cm³/mol. The zero-order chi connectivity index (χ0) is 16.3. The summed E-state index contributed by atoms with van der Waals surface area (Å²) in [5.41, 5.74) is 12.1. The molecule has 0 amide bonds. The third-order valence-electron chi connectivity index (χ3n) is 3.16. The first-order chi connectivity index (χ1) is 10.5. The first-order valence-corrected chi connectivity index (χ1v) is 6.37. The monoisotopic (exact) mass is 306 g/mol. The van der Waals surface area contributed by atoms with Crippen molar-refractivity contribution in [1.29, 1.82) is 0 Å². The van der Waals surface area contributed by atoms with Crippen molar-refractivity contribution in [3.63, 3.8) is 0 Å². The molecule has 1 aromatic heterocycles. The number of anilines is 2. The maximum atomic E-state index is 10.5. The van der Waals surface area contributed by atoms with Crippen molar-refractivity contribution in [1.82, 2.24) is 9.97 Å². The van der Waals surface area contributed by atoms with E-state index in [4.69, 9.17) is 25.7 Å². The van der Waals surface area contributed by atoms with E-state index in [1.165, 1.54) is 27.5 Å². The number of aromatic nitrogens is 2. The van der Waals surface area contributed by atoms with Crippen LogP contribution in [0.3, 0.4) is 0 Å². The minimum Gasteiger partial charge on any atom is -0.493 e. The van der Waals surface area contributed by atoms with Gasteiger partial charge in [-0.3, -0.25) is 0 Å². The molecule has 0 saturated carbocycles. The van der Waals surface area contributed by atoms with Crippen molar-refractivity contribution >= 4 is 11.8 Å². The highest BCUT2D eigenvalue weighted by Gasteiger charge is 2.20. The van der Waals surface area contributed by atoms with Crippen LogP contribution in [0, 0.1) is 0 Å². The van der Waals surface area contributed by atoms with Gasteiger partial charge in [0, 0.05) is 11.8 Å². The van der Waals surface area contributed by atoms with E-state index in [0.717, 1.165) is 0 Å². The van der Waals surface area contributed by atoms with Crippen molar-refractivity contribution in [3.8, 4) is 17.2 Å². The molecule has 0 aliphatic carbocycles. The van der Waals surface area contributed by atoms with E-state index in [1.807, 2.05) is 0 Å². The van der Waals surface area contributed by atoms with Gasteiger partial charge in [-0.15, -0.1) is 0 Å². The van der Waals surface area contributed by atoms with E-state index in [-0.39, 0.29) is 11.8 Å². The highest BCUT2D eigenvalue weighted by Crippen LogP contribution is 2.41. The van der Waals surface area contributed by atoms with Crippen molar-refractivity contribution in [2.75, 3.05) is 32.8 Å². The van der Waals surface area contributed by atoms with Gasteiger partial charge in [0.05, 0.1) is 21.3 Å². The number of methoxy groups -OCH3 is 3. The Morgan fingerprint density at radius 2 is 1.64 bits per heavy atom. The molecule has 0 fully saturated rings. The molecule has 0 aliphatic heterocycles. The van der Waals surface area contributed by atoms with E-state index in [9.17, 15) is 5.11 Å². The van der Waals surface area contributed by atoms with Crippen LogP contribution in [0.4, 0.5) is 11.8 Å². The van der Waals surface area contributed by atoms with Crippen molar-refractivity contribution in [2.45, 2.75) is 6.10 Å². The Morgan fingerprint density at radius 3 is 2.09 bits per heavy atom. The van der Waals surface area contributed by atoms with Gasteiger partial charge in [0.1, 0.15) is 11.9 Å². The smallest absolute Gasteiger partial charge is 0.221 e. The van der Waals surface area contributed by atoms with Gasteiger partial charge >= 0.3 is 0 Å². The molecule has 5 N–H and O–H groups in total. The zero-order valence-corrected chi connectivity index (χ0v) is 12.5. The molecule has 0 spiro atoms. The first kappa shape index (κ1) is 15.6. The number of hydrogen-bond donors (Lipinski definition) is 3. The molecule has 0 aliphatic rings. The highest BCUT2D eigenvalue weighted by atomic mass is 16.5. The van der Waals surface area contributed by atoms with E-state index in [1.54, 1.807) is 12.1 Å². The number of aliphatic hydroxyl groups excluding tert-OH is 1. The molecule has 1 unspecified atom stereocenters. The second-order valence-corrected chi connectivity index (χ2v) is 4.43. The Labute approximate surface area is 127 Å². The van der Waals surface area contributed by atoms with E-state index in [0.29, 0.717) is 28.4 Å². The molecule has 1 aromatic carbocycles. The number of benzene rings is 1. The fraction of sp³-hybridized carbons (Fsp3) is 0.286. The van der Waals surface area contributed by atoms with Gasteiger partial charge < -0.3 is 30.8 Å². The van der Waals surface area contributed by atoms with Crippen LogP contribution in [0.5, 0.6) is 17.2 Å². The van der Waals surface area contributed by atoms with Crippen molar-refractivity contribution in [2.24, 2.45) is 0 Å². The summed E-state index contributed by atoms with van der Waals surface area (Å²) in [5.74, 6) is 1.42. The van der Waals surface area contributed by atoms with Gasteiger partial charge in [0.15, 0.2) is 11.5 Å². The number of nitrogen functional groups attached to an aromatic ring is 2. The van der Waals surface area contributed by atoms with Crippen LogP contribution in [0.1, 0.15) is 17.2 Å². The van der Waals surface area contributed by atoms with Crippen molar-refractivity contribution < 1.29 is 19.3 Å². The normalized spacial score (nSPS) is 11.8. The standard InChI is InChI=1S/C14H18N4O4/c1-20-9-4-7(5-10(21-2)12(9)22-3)11(19)8-6-17-14(16)18-13(8)15/h4-6,11,19H,1-3H3,(H4,15,16,17,18). The quantitative estimate of drug-likeness (QED) is 0.738. The van der Waals surface area contributed by atoms with E-state index >= 15 is 0 Å². The fourth-order valence-electron chi connectivity index (χ4n) is 2.07. The van der Waals surface area contributed by atoms with Gasteiger partial charge in [-0.1, -0.05) is 0 Å². The molecule has 0 radical (unpaired) electrons. The summed E-state index contributed by atoms with van der Waals surface area (Å²) in [7, 11) is 4.49. The molecule has 8 nitrogen and oxygen atoms in total. The third-order valence-corrected chi connectivity index (χ3v) is 3.16. The summed E-state index contributed by atoms with van der Waals surface area (Å²) >= 11 is 0. The third kappa shape index (κ3) is 2.82. The summed E-state index contributed by atoms with van der Waals surface area (Å²) in [6, 6.07) is 3.25. The Balaban J connectivity index is 2.51. The number of hydrogen-bond acceptors (Lipinski definition) is 8. The van der Waals surface area contributed by atoms with Crippen LogP contribution < -0.4 is 25.7 Å². The molecule has 22 heavy (non-hydrogen) atoms. The molecule has 0 saturated heterocycles. The molecule has 2 aromatic rings. The van der Waals surface area contributed by atoms with Gasteiger partial charge in [-0.2, -0.15) is 4.98 Å². The Kier molecular flexibility index (Phi) is 4.52. The maximum Gasteiger partial charge on any atom is 0.221 e. The molecular weight excluding hydrogens is 288 g/mol. The average molecular weight is 306 g/mol. The van der Waals surface area contributed by atoms with Crippen LogP contribution >= 0.6 is 0 Å². The number of nitrogens with two attached hydrogens (primary N) is 2. The van der Waals surface area contributed by atoms with Gasteiger partial charge in [-0.25, -0.2) is 4.98 Å². The molecule has 8 heteroatoms.